The minimum atomic E-state index is -0.101. The summed E-state index contributed by atoms with van der Waals surface area (Å²) in [6.45, 7) is 4.05. The van der Waals surface area contributed by atoms with E-state index in [1.165, 1.54) is 0 Å². The molecule has 0 unspecified atom stereocenters. The number of nitrogens with two attached hydrogens (primary N) is 1. The summed E-state index contributed by atoms with van der Waals surface area (Å²) in [5.74, 6) is 1.47. The van der Waals surface area contributed by atoms with Crippen LogP contribution in [0.25, 0.3) is 0 Å². The molecule has 0 radical (unpaired) electrons. The fraction of sp³-hybridized carbons (Fsp3) is 0.875. The van der Waals surface area contributed by atoms with Gasteiger partial charge in [-0.3, -0.25) is 5.41 Å². The van der Waals surface area contributed by atoms with E-state index in [4.69, 9.17) is 11.1 Å². The molecular formula is C8H18N2S. The Bertz CT molecular complexity index is 132. The van der Waals surface area contributed by atoms with E-state index in [0.29, 0.717) is 5.84 Å². The van der Waals surface area contributed by atoms with Gasteiger partial charge in [-0.05, 0) is 24.9 Å². The van der Waals surface area contributed by atoms with E-state index in [-0.39, 0.29) is 5.41 Å². The van der Waals surface area contributed by atoms with E-state index >= 15 is 0 Å². The monoisotopic (exact) mass is 174 g/mol. The van der Waals surface area contributed by atoms with Crippen LogP contribution in [0.1, 0.15) is 26.7 Å². The van der Waals surface area contributed by atoms with Gasteiger partial charge in [-0.25, -0.2) is 0 Å². The van der Waals surface area contributed by atoms with Crippen molar-refractivity contribution in [2.75, 3.05) is 12.0 Å². The molecule has 0 aliphatic heterocycles. The van der Waals surface area contributed by atoms with E-state index in [0.717, 1.165) is 18.6 Å². The van der Waals surface area contributed by atoms with E-state index in [2.05, 4.69) is 6.26 Å². The van der Waals surface area contributed by atoms with Gasteiger partial charge in [-0.1, -0.05) is 13.8 Å². The van der Waals surface area contributed by atoms with Gasteiger partial charge < -0.3 is 5.73 Å². The quantitative estimate of drug-likeness (QED) is 0.381. The van der Waals surface area contributed by atoms with Gasteiger partial charge in [0.05, 0.1) is 5.84 Å². The summed E-state index contributed by atoms with van der Waals surface area (Å²) >= 11 is 1.84. The average Bonchev–Trinajstić information content (AvgIpc) is 1.88. The van der Waals surface area contributed by atoms with Crippen molar-refractivity contribution in [3.63, 3.8) is 0 Å². The summed E-state index contributed by atoms with van der Waals surface area (Å²) in [6, 6.07) is 0. The molecule has 0 rings (SSSR count). The van der Waals surface area contributed by atoms with Gasteiger partial charge in [0, 0.05) is 5.41 Å². The maximum Gasteiger partial charge on any atom is 0.0963 e. The summed E-state index contributed by atoms with van der Waals surface area (Å²) in [5, 5.41) is 7.30. The molecule has 0 aliphatic carbocycles. The smallest absolute Gasteiger partial charge is 0.0963 e. The standard InChI is InChI=1S/C8H18N2S/c1-8(2,7(9)10)5-4-6-11-3/h4-6H2,1-3H3,(H3,9,10). The number of thioether (sulfide) groups is 1. The lowest BCUT2D eigenvalue weighted by Gasteiger charge is -2.22. The van der Waals surface area contributed by atoms with Gasteiger partial charge in [-0.15, -0.1) is 0 Å². The number of amidine groups is 1. The number of nitrogens with one attached hydrogen (secondary N) is 1. The van der Waals surface area contributed by atoms with Gasteiger partial charge >= 0.3 is 0 Å². The summed E-state index contributed by atoms with van der Waals surface area (Å²) in [5.41, 5.74) is 5.33. The van der Waals surface area contributed by atoms with Crippen molar-refractivity contribution < 1.29 is 0 Å². The number of hydrogen-bond donors (Lipinski definition) is 2. The zero-order valence-electron chi connectivity index (χ0n) is 7.61. The second-order valence-electron chi connectivity index (χ2n) is 3.39. The molecule has 0 bridgehead atoms. The van der Waals surface area contributed by atoms with Crippen molar-refractivity contribution in [1.29, 1.82) is 5.41 Å². The highest BCUT2D eigenvalue weighted by molar-refractivity contribution is 7.98. The first-order valence-electron chi connectivity index (χ1n) is 3.84. The van der Waals surface area contributed by atoms with Crippen LogP contribution in [0, 0.1) is 10.8 Å². The minimum Gasteiger partial charge on any atom is -0.387 e. The van der Waals surface area contributed by atoms with Crippen LogP contribution < -0.4 is 5.73 Å². The fourth-order valence-corrected chi connectivity index (χ4v) is 1.23. The Balaban J connectivity index is 3.64. The summed E-state index contributed by atoms with van der Waals surface area (Å²) < 4.78 is 0. The second kappa shape index (κ2) is 4.65. The maximum absolute atomic E-state index is 7.30. The van der Waals surface area contributed by atoms with E-state index in [1.54, 1.807) is 0 Å². The molecule has 0 fully saturated rings. The summed E-state index contributed by atoms with van der Waals surface area (Å²) in [7, 11) is 0. The topological polar surface area (TPSA) is 49.9 Å². The van der Waals surface area contributed by atoms with Crippen LogP contribution in [0.15, 0.2) is 0 Å². The van der Waals surface area contributed by atoms with Crippen LogP contribution in [-0.2, 0) is 0 Å². The highest BCUT2D eigenvalue weighted by Gasteiger charge is 2.20. The fourth-order valence-electron chi connectivity index (χ4n) is 0.793. The Hall–Kier alpha value is -0.180. The zero-order valence-corrected chi connectivity index (χ0v) is 8.42. The molecule has 0 aromatic rings. The van der Waals surface area contributed by atoms with Crippen LogP contribution in [0.5, 0.6) is 0 Å². The lowest BCUT2D eigenvalue weighted by Crippen LogP contribution is -2.30. The lowest BCUT2D eigenvalue weighted by atomic mass is 9.87. The van der Waals surface area contributed by atoms with Crippen molar-refractivity contribution in [1.82, 2.24) is 0 Å². The molecule has 0 aliphatic rings. The van der Waals surface area contributed by atoms with Crippen molar-refractivity contribution in [3.8, 4) is 0 Å². The van der Waals surface area contributed by atoms with Crippen molar-refractivity contribution in [3.05, 3.63) is 0 Å². The molecule has 0 aromatic heterocycles. The third kappa shape index (κ3) is 4.30. The lowest BCUT2D eigenvalue weighted by molar-refractivity contribution is 0.464. The maximum atomic E-state index is 7.30. The normalized spacial score (nSPS) is 11.5. The zero-order chi connectivity index (χ0) is 8.91. The van der Waals surface area contributed by atoms with E-state index in [1.807, 2.05) is 25.6 Å². The average molecular weight is 174 g/mol. The van der Waals surface area contributed by atoms with Crippen molar-refractivity contribution in [2.24, 2.45) is 11.1 Å². The summed E-state index contributed by atoms with van der Waals surface area (Å²) in [4.78, 5) is 0. The third-order valence-electron chi connectivity index (χ3n) is 1.88. The van der Waals surface area contributed by atoms with Crippen LogP contribution in [0.4, 0.5) is 0 Å². The van der Waals surface area contributed by atoms with E-state index in [9.17, 15) is 0 Å². The molecule has 2 nitrogen and oxygen atoms in total. The second-order valence-corrected chi connectivity index (χ2v) is 4.38. The molecule has 0 aromatic carbocycles. The summed E-state index contributed by atoms with van der Waals surface area (Å²) in [6.07, 6.45) is 4.26. The highest BCUT2D eigenvalue weighted by atomic mass is 32.2. The van der Waals surface area contributed by atoms with Crippen molar-refractivity contribution >= 4 is 17.6 Å². The molecule has 66 valence electrons. The molecule has 0 saturated heterocycles. The van der Waals surface area contributed by atoms with Crippen LogP contribution >= 0.6 is 11.8 Å². The minimum absolute atomic E-state index is 0.101. The third-order valence-corrected chi connectivity index (χ3v) is 2.58. The Labute approximate surface area is 73.4 Å². The molecule has 0 heterocycles. The van der Waals surface area contributed by atoms with Gasteiger partial charge in [-0.2, -0.15) is 11.8 Å². The molecule has 3 N–H and O–H groups in total. The van der Waals surface area contributed by atoms with Crippen LogP contribution in [0.3, 0.4) is 0 Å². The first kappa shape index (κ1) is 10.8. The Morgan fingerprint density at radius 2 is 2.09 bits per heavy atom. The number of hydrogen-bond acceptors (Lipinski definition) is 2. The molecule has 0 spiro atoms. The van der Waals surface area contributed by atoms with Gasteiger partial charge in [0.15, 0.2) is 0 Å². The number of rotatable bonds is 5. The van der Waals surface area contributed by atoms with E-state index < -0.39 is 0 Å². The first-order chi connectivity index (χ1) is 5.00. The van der Waals surface area contributed by atoms with Crippen LogP contribution in [-0.4, -0.2) is 17.8 Å². The largest absolute Gasteiger partial charge is 0.387 e. The SMILES string of the molecule is CSCCCC(C)(C)C(=N)N. The van der Waals surface area contributed by atoms with Gasteiger partial charge in [0.1, 0.15) is 0 Å². The Kier molecular flexibility index (Phi) is 4.57. The van der Waals surface area contributed by atoms with Gasteiger partial charge in [0.25, 0.3) is 0 Å². The molecule has 11 heavy (non-hydrogen) atoms. The highest BCUT2D eigenvalue weighted by Crippen LogP contribution is 2.22. The van der Waals surface area contributed by atoms with Crippen LogP contribution in [0.2, 0.25) is 0 Å². The molecule has 3 heteroatoms. The van der Waals surface area contributed by atoms with Crippen molar-refractivity contribution in [2.45, 2.75) is 26.7 Å². The predicted molar refractivity (Wildman–Crippen MR) is 53.3 cm³/mol. The van der Waals surface area contributed by atoms with Gasteiger partial charge in [0.2, 0.25) is 0 Å². The Morgan fingerprint density at radius 1 is 1.55 bits per heavy atom. The molecule has 0 atom stereocenters. The molecule has 0 amide bonds. The molecular weight excluding hydrogens is 156 g/mol. The molecule has 0 saturated carbocycles. The Morgan fingerprint density at radius 3 is 2.45 bits per heavy atom. The predicted octanol–water partition coefficient (Wildman–Crippen LogP) is 2.09. The first-order valence-corrected chi connectivity index (χ1v) is 5.23.